The van der Waals surface area contributed by atoms with Crippen LogP contribution in [0.2, 0.25) is 0 Å². The van der Waals surface area contributed by atoms with Gasteiger partial charge in [-0.3, -0.25) is 34.3 Å². The number of aliphatic imine (C=N–C) groups is 1. The van der Waals surface area contributed by atoms with Crippen LogP contribution in [0.25, 0.3) is 16.3 Å². The highest BCUT2D eigenvalue weighted by Gasteiger charge is 2.48. The number of nitro groups is 1. The van der Waals surface area contributed by atoms with E-state index >= 15 is 0 Å². The van der Waals surface area contributed by atoms with Crippen molar-refractivity contribution >= 4 is 96.8 Å². The van der Waals surface area contributed by atoms with Crippen molar-refractivity contribution in [3.05, 3.63) is 117 Å². The summed E-state index contributed by atoms with van der Waals surface area (Å²) in [5.74, 6) is -1.01. The van der Waals surface area contributed by atoms with Gasteiger partial charge in [-0.25, -0.2) is 9.98 Å². The van der Waals surface area contributed by atoms with Gasteiger partial charge >= 0.3 is 0 Å². The second kappa shape index (κ2) is 13.8. The van der Waals surface area contributed by atoms with E-state index in [-0.39, 0.29) is 35.2 Å². The van der Waals surface area contributed by atoms with Crippen LogP contribution in [-0.2, 0) is 14.4 Å². The number of hydrogen-bond donors (Lipinski definition) is 0. The minimum absolute atomic E-state index is 0.116. The SMILES string of the molecule is Cc1ccc(N=C2S/C(=C\c3ccc(Sc4nc5ccc(N6C(=O)[C@H]7CCCC[C@@H]7C6=O)cc5s4)c([N+](=O)[O-])c3)C(=O)N2c2ccc(C)cc2)cc1. The first-order chi connectivity index (χ1) is 25.1. The van der Waals surface area contributed by atoms with E-state index in [0.717, 1.165) is 41.5 Å². The standard InChI is InChI=1S/C39H31N5O5S3/c1-22-7-12-25(13-8-22)40-38-43(26-14-9-23(2)10-15-26)37(47)34(50-38)20-24-11-18-32(31(19-24)44(48)49)51-39-41-30-17-16-27(21-33(30)52-39)42-35(45)28-5-3-4-6-29(28)36(42)46/h7-21,28-29H,3-6H2,1-2H3/b34-20-,40-38?/t28-,29-/m0/s1. The highest BCUT2D eigenvalue weighted by Crippen LogP contribution is 2.44. The molecule has 0 bridgehead atoms. The van der Waals surface area contributed by atoms with E-state index in [2.05, 4.69) is 4.98 Å². The second-order valence-electron chi connectivity index (χ2n) is 13.0. The summed E-state index contributed by atoms with van der Waals surface area (Å²) in [4.78, 5) is 65.2. The smallest absolute Gasteiger partial charge is 0.274 e. The Morgan fingerprint density at radius 2 is 1.50 bits per heavy atom. The summed E-state index contributed by atoms with van der Waals surface area (Å²) in [5, 5.41) is 12.8. The molecule has 10 nitrogen and oxygen atoms in total. The quantitative estimate of drug-likeness (QED) is 0.0698. The first-order valence-electron chi connectivity index (χ1n) is 16.8. The number of thioether (sulfide) groups is 1. The number of benzene rings is 4. The number of amidine groups is 1. The van der Waals surface area contributed by atoms with E-state index in [4.69, 9.17) is 4.99 Å². The van der Waals surface area contributed by atoms with E-state index in [9.17, 15) is 24.5 Å². The molecule has 0 spiro atoms. The summed E-state index contributed by atoms with van der Waals surface area (Å²) in [6.45, 7) is 3.97. The molecule has 260 valence electrons. The maximum atomic E-state index is 13.8. The molecule has 3 aliphatic rings. The Morgan fingerprint density at radius 3 is 2.17 bits per heavy atom. The number of carbonyl (C=O) groups is 3. The Labute approximate surface area is 311 Å². The number of aryl methyl sites for hydroxylation is 2. The first-order valence-corrected chi connectivity index (χ1v) is 19.3. The average molecular weight is 746 g/mol. The van der Waals surface area contributed by atoms with Crippen LogP contribution in [0.3, 0.4) is 0 Å². The Bertz CT molecular complexity index is 2330. The van der Waals surface area contributed by atoms with E-state index < -0.39 is 4.92 Å². The van der Waals surface area contributed by atoms with Crippen molar-refractivity contribution in [1.82, 2.24) is 4.98 Å². The van der Waals surface area contributed by atoms with E-state index in [1.54, 1.807) is 41.3 Å². The molecule has 2 aliphatic heterocycles. The molecule has 0 radical (unpaired) electrons. The third-order valence-electron chi connectivity index (χ3n) is 9.48. The van der Waals surface area contributed by atoms with Gasteiger partial charge in [0.15, 0.2) is 9.51 Å². The van der Waals surface area contributed by atoms with Gasteiger partial charge in [0.1, 0.15) is 0 Å². The Hall–Kier alpha value is -5.11. The van der Waals surface area contributed by atoms with Crippen molar-refractivity contribution < 1.29 is 19.3 Å². The molecule has 4 aromatic carbocycles. The van der Waals surface area contributed by atoms with Gasteiger partial charge in [0.05, 0.1) is 53.8 Å². The van der Waals surface area contributed by atoms with Gasteiger partial charge in [0.25, 0.3) is 11.6 Å². The lowest BCUT2D eigenvalue weighted by atomic mass is 9.81. The molecule has 3 heterocycles. The van der Waals surface area contributed by atoms with Gasteiger partial charge in [-0.15, -0.1) is 11.3 Å². The molecule has 52 heavy (non-hydrogen) atoms. The molecule has 1 aliphatic carbocycles. The highest BCUT2D eigenvalue weighted by molar-refractivity contribution is 8.19. The largest absolute Gasteiger partial charge is 0.283 e. The lowest BCUT2D eigenvalue weighted by Gasteiger charge is -2.19. The van der Waals surface area contributed by atoms with Crippen LogP contribution in [0.4, 0.5) is 22.7 Å². The molecule has 5 aromatic rings. The van der Waals surface area contributed by atoms with E-state index in [1.165, 1.54) is 45.8 Å². The summed E-state index contributed by atoms with van der Waals surface area (Å²) >= 11 is 3.74. The van der Waals surface area contributed by atoms with Crippen molar-refractivity contribution in [3.8, 4) is 0 Å². The van der Waals surface area contributed by atoms with Crippen molar-refractivity contribution in [1.29, 1.82) is 0 Å². The lowest BCUT2D eigenvalue weighted by molar-refractivity contribution is -0.387. The minimum atomic E-state index is -0.438. The number of rotatable bonds is 7. The monoisotopic (exact) mass is 745 g/mol. The predicted octanol–water partition coefficient (Wildman–Crippen LogP) is 9.46. The van der Waals surface area contributed by atoms with Gasteiger partial charge in [0, 0.05) is 6.07 Å². The van der Waals surface area contributed by atoms with Crippen LogP contribution in [0.1, 0.15) is 42.4 Å². The molecular formula is C39H31N5O5S3. The summed E-state index contributed by atoms with van der Waals surface area (Å²) in [6, 6.07) is 25.5. The van der Waals surface area contributed by atoms with Crippen LogP contribution in [0, 0.1) is 35.8 Å². The Balaban J connectivity index is 1.07. The van der Waals surface area contributed by atoms with Crippen molar-refractivity contribution in [2.24, 2.45) is 16.8 Å². The predicted molar refractivity (Wildman–Crippen MR) is 207 cm³/mol. The van der Waals surface area contributed by atoms with E-state index in [1.807, 2.05) is 62.4 Å². The van der Waals surface area contributed by atoms with Gasteiger partial charge in [-0.2, -0.15) is 0 Å². The second-order valence-corrected chi connectivity index (χ2v) is 16.4. The minimum Gasteiger partial charge on any atom is -0.274 e. The topological polar surface area (TPSA) is 126 Å². The maximum absolute atomic E-state index is 13.8. The van der Waals surface area contributed by atoms with E-state index in [0.29, 0.717) is 47.5 Å². The van der Waals surface area contributed by atoms with Gasteiger partial charge < -0.3 is 0 Å². The fourth-order valence-corrected chi connectivity index (χ4v) is 9.93. The molecule has 3 amide bonds. The number of amides is 3. The van der Waals surface area contributed by atoms with Crippen LogP contribution < -0.4 is 9.80 Å². The van der Waals surface area contributed by atoms with Crippen molar-refractivity contribution in [3.63, 3.8) is 0 Å². The first kappa shape index (κ1) is 34.0. The number of anilines is 2. The van der Waals surface area contributed by atoms with Crippen molar-refractivity contribution in [2.45, 2.75) is 48.8 Å². The van der Waals surface area contributed by atoms with Crippen LogP contribution in [0.15, 0.2) is 104 Å². The molecule has 1 saturated carbocycles. The molecule has 13 heteroatoms. The Morgan fingerprint density at radius 1 is 0.846 bits per heavy atom. The molecular weight excluding hydrogens is 715 g/mol. The summed E-state index contributed by atoms with van der Waals surface area (Å²) in [5.41, 5.74) is 5.14. The van der Waals surface area contributed by atoms with Crippen molar-refractivity contribution in [2.75, 3.05) is 9.80 Å². The summed E-state index contributed by atoms with van der Waals surface area (Å²) < 4.78 is 1.36. The molecule has 2 atom stereocenters. The number of aromatic nitrogens is 1. The van der Waals surface area contributed by atoms with Gasteiger partial charge in [-0.05, 0) is 98.6 Å². The summed E-state index contributed by atoms with van der Waals surface area (Å²) in [6.07, 6.45) is 5.06. The number of nitro benzene ring substituents is 1. The molecule has 2 saturated heterocycles. The number of fused-ring (bicyclic) bond motifs is 2. The molecule has 0 N–H and O–H groups in total. The molecule has 3 fully saturated rings. The molecule has 1 aromatic heterocycles. The fraction of sp³-hybridized carbons (Fsp3) is 0.205. The number of nitrogens with zero attached hydrogens (tertiary/aromatic N) is 5. The number of thiazole rings is 1. The normalized spacial score (nSPS) is 20.5. The zero-order chi connectivity index (χ0) is 36.1. The zero-order valence-electron chi connectivity index (χ0n) is 28.1. The third-order valence-corrected chi connectivity index (χ3v) is 12.6. The average Bonchev–Trinajstić information content (AvgIpc) is 3.76. The lowest BCUT2D eigenvalue weighted by Crippen LogP contribution is -2.30. The number of hydrogen-bond acceptors (Lipinski definition) is 10. The number of carbonyl (C=O) groups excluding carboxylic acids is 3. The Kier molecular flexibility index (Phi) is 9.02. The van der Waals surface area contributed by atoms with Crippen LogP contribution in [-0.4, -0.2) is 32.8 Å². The van der Waals surface area contributed by atoms with Crippen LogP contribution in [0.5, 0.6) is 0 Å². The van der Waals surface area contributed by atoms with Gasteiger partial charge in [0.2, 0.25) is 11.8 Å². The third kappa shape index (κ3) is 6.44. The molecule has 8 rings (SSSR count). The summed E-state index contributed by atoms with van der Waals surface area (Å²) in [7, 11) is 0. The fourth-order valence-electron chi connectivity index (χ4n) is 6.79. The zero-order valence-corrected chi connectivity index (χ0v) is 30.6. The van der Waals surface area contributed by atoms with Gasteiger partial charge in [-0.1, -0.05) is 66.1 Å². The number of imide groups is 1. The van der Waals surface area contributed by atoms with Crippen LogP contribution >= 0.6 is 34.9 Å². The molecule has 0 unspecified atom stereocenters. The highest BCUT2D eigenvalue weighted by atomic mass is 32.2. The maximum Gasteiger partial charge on any atom is 0.283 e.